The number of carbonyl (C=O) groups is 1. The Hall–Kier alpha value is -2.09. The minimum Gasteiger partial charge on any atom is -0.368 e. The number of carbonyl (C=O) groups excluding carboxylic acids is 1. The van der Waals surface area contributed by atoms with E-state index >= 15 is 0 Å². The third-order valence-corrected chi connectivity index (χ3v) is 4.87. The van der Waals surface area contributed by atoms with Crippen LogP contribution >= 0.6 is 11.8 Å². The molecule has 2 aromatic heterocycles. The maximum atomic E-state index is 12.4. The van der Waals surface area contributed by atoms with Gasteiger partial charge < -0.3 is 15.6 Å². The number of hydrogen-bond donors (Lipinski definition) is 2. The molecule has 0 bridgehead atoms. The summed E-state index contributed by atoms with van der Waals surface area (Å²) in [5, 5.41) is 3.85. The number of nitrogen functional groups attached to an aromatic ring is 1. The Labute approximate surface area is 139 Å². The number of aromatic nitrogens is 4. The second kappa shape index (κ2) is 6.99. The van der Waals surface area contributed by atoms with Crippen molar-refractivity contribution < 1.29 is 4.79 Å². The molecule has 0 unspecified atom stereocenters. The molecule has 0 radical (unpaired) electrons. The first-order valence-electron chi connectivity index (χ1n) is 7.68. The minimum atomic E-state index is -0.169. The summed E-state index contributed by atoms with van der Waals surface area (Å²) in [6.07, 6.45) is 7.53. The maximum absolute atomic E-state index is 12.4. The summed E-state index contributed by atoms with van der Waals surface area (Å²) in [5.74, 6) is 0.759. The average molecular weight is 332 g/mol. The van der Waals surface area contributed by atoms with Crippen LogP contribution < -0.4 is 11.1 Å². The quantitative estimate of drug-likeness (QED) is 0.630. The molecule has 0 aliphatic heterocycles. The highest BCUT2D eigenvalue weighted by Gasteiger charge is 2.21. The number of nitrogens with one attached hydrogen (secondary N) is 1. The number of thioether (sulfide) groups is 1. The first-order valence-corrected chi connectivity index (χ1v) is 8.67. The Balaban J connectivity index is 1.60. The Morgan fingerprint density at radius 1 is 1.39 bits per heavy atom. The summed E-state index contributed by atoms with van der Waals surface area (Å²) in [6, 6.07) is 0. The first kappa shape index (κ1) is 15.8. The largest absolute Gasteiger partial charge is 0.368 e. The molecular weight excluding hydrogens is 312 g/mol. The number of aryl methyl sites for hydroxylation is 2. The molecule has 1 aliphatic rings. The van der Waals surface area contributed by atoms with Crippen LogP contribution in [0, 0.1) is 0 Å². The Morgan fingerprint density at radius 3 is 3.00 bits per heavy atom. The summed E-state index contributed by atoms with van der Waals surface area (Å²) in [6.45, 7) is 0.551. The fourth-order valence-electron chi connectivity index (χ4n) is 2.68. The van der Waals surface area contributed by atoms with Gasteiger partial charge >= 0.3 is 0 Å². The van der Waals surface area contributed by atoms with E-state index in [4.69, 9.17) is 5.73 Å². The van der Waals surface area contributed by atoms with Gasteiger partial charge in [-0.2, -0.15) is 0 Å². The number of imidazole rings is 1. The van der Waals surface area contributed by atoms with Crippen LogP contribution in [0.25, 0.3) is 0 Å². The molecule has 1 amide bonds. The van der Waals surface area contributed by atoms with E-state index < -0.39 is 0 Å². The fraction of sp³-hybridized carbons (Fsp3) is 0.467. The van der Waals surface area contributed by atoms with E-state index in [1.54, 1.807) is 18.0 Å². The molecule has 2 heterocycles. The monoisotopic (exact) mass is 332 g/mol. The van der Waals surface area contributed by atoms with E-state index in [0.29, 0.717) is 12.2 Å². The topological polar surface area (TPSA) is 98.7 Å². The highest BCUT2D eigenvalue weighted by Crippen LogP contribution is 2.22. The molecule has 8 heteroatoms. The van der Waals surface area contributed by atoms with Crippen molar-refractivity contribution in [2.45, 2.75) is 30.8 Å². The van der Waals surface area contributed by atoms with Gasteiger partial charge in [0.2, 0.25) is 5.95 Å². The molecule has 0 aromatic carbocycles. The molecule has 0 atom stereocenters. The number of rotatable bonds is 5. The van der Waals surface area contributed by atoms with E-state index in [2.05, 4.69) is 20.3 Å². The summed E-state index contributed by atoms with van der Waals surface area (Å²) in [5.41, 5.74) is 8.06. The zero-order chi connectivity index (χ0) is 16.2. The van der Waals surface area contributed by atoms with Crippen molar-refractivity contribution in [2.24, 2.45) is 7.05 Å². The number of amides is 1. The second-order valence-electron chi connectivity index (χ2n) is 5.49. The predicted octanol–water partition coefficient (Wildman–Crippen LogP) is 1.19. The lowest BCUT2D eigenvalue weighted by molar-refractivity contribution is 0.0949. The molecule has 3 rings (SSSR count). The molecule has 3 N–H and O–H groups in total. The van der Waals surface area contributed by atoms with Crippen LogP contribution in [0.2, 0.25) is 0 Å². The van der Waals surface area contributed by atoms with Crippen molar-refractivity contribution >= 4 is 23.6 Å². The third-order valence-electron chi connectivity index (χ3n) is 3.81. The van der Waals surface area contributed by atoms with Gasteiger partial charge in [0.25, 0.3) is 5.91 Å². The van der Waals surface area contributed by atoms with Crippen LogP contribution in [0.4, 0.5) is 5.95 Å². The summed E-state index contributed by atoms with van der Waals surface area (Å²) in [7, 11) is 1.95. The molecular formula is C15H20N6OS. The van der Waals surface area contributed by atoms with Gasteiger partial charge in [-0.3, -0.25) is 4.79 Å². The molecule has 0 saturated carbocycles. The summed E-state index contributed by atoms with van der Waals surface area (Å²) >= 11 is 1.60. The molecule has 2 aromatic rings. The molecule has 0 spiro atoms. The number of hydrogen-bond acceptors (Lipinski definition) is 6. The summed E-state index contributed by atoms with van der Waals surface area (Å²) in [4.78, 5) is 25.1. The van der Waals surface area contributed by atoms with Gasteiger partial charge in [-0.1, -0.05) is 11.8 Å². The zero-order valence-corrected chi connectivity index (χ0v) is 13.9. The van der Waals surface area contributed by atoms with Crippen molar-refractivity contribution in [1.82, 2.24) is 24.8 Å². The average Bonchev–Trinajstić information content (AvgIpc) is 2.95. The van der Waals surface area contributed by atoms with Crippen LogP contribution in [0.15, 0.2) is 17.6 Å². The van der Waals surface area contributed by atoms with Crippen LogP contribution in [-0.2, 0) is 19.9 Å². The lowest BCUT2D eigenvalue weighted by Gasteiger charge is -2.17. The van der Waals surface area contributed by atoms with Crippen LogP contribution in [0.5, 0.6) is 0 Å². The number of anilines is 1. The number of nitrogens with zero attached hydrogens (tertiary/aromatic N) is 4. The van der Waals surface area contributed by atoms with Gasteiger partial charge in [-0.15, -0.1) is 0 Å². The van der Waals surface area contributed by atoms with E-state index in [9.17, 15) is 4.79 Å². The molecule has 1 aliphatic carbocycles. The van der Waals surface area contributed by atoms with Gasteiger partial charge in [0.15, 0.2) is 5.16 Å². The standard InChI is InChI=1S/C15H20N6OS/c1-21-8-6-18-15(21)23-9-7-17-13(22)12-10-4-2-3-5-11(10)19-14(16)20-12/h6,8H,2-5,7,9H2,1H3,(H,17,22)(H2,16,19,20). The van der Waals surface area contributed by atoms with Crippen molar-refractivity contribution in [3.8, 4) is 0 Å². The van der Waals surface area contributed by atoms with Gasteiger partial charge in [0.1, 0.15) is 5.69 Å². The van der Waals surface area contributed by atoms with Crippen LogP contribution in [0.1, 0.15) is 34.6 Å². The maximum Gasteiger partial charge on any atom is 0.270 e. The fourth-order valence-corrected chi connectivity index (χ4v) is 3.47. The second-order valence-corrected chi connectivity index (χ2v) is 6.55. The van der Waals surface area contributed by atoms with E-state index in [-0.39, 0.29) is 11.9 Å². The van der Waals surface area contributed by atoms with Gasteiger partial charge in [0.05, 0.1) is 0 Å². The lowest BCUT2D eigenvalue weighted by atomic mass is 9.94. The minimum absolute atomic E-state index is 0.169. The molecule has 7 nitrogen and oxygen atoms in total. The molecule has 0 saturated heterocycles. The van der Waals surface area contributed by atoms with Crippen molar-refractivity contribution in [1.29, 1.82) is 0 Å². The van der Waals surface area contributed by atoms with Gasteiger partial charge in [-0.05, 0) is 25.7 Å². The first-order chi connectivity index (χ1) is 11.1. The number of nitrogens with two attached hydrogens (primary N) is 1. The Kier molecular flexibility index (Phi) is 4.80. The summed E-state index contributed by atoms with van der Waals surface area (Å²) < 4.78 is 1.95. The molecule has 23 heavy (non-hydrogen) atoms. The van der Waals surface area contributed by atoms with Crippen molar-refractivity contribution in [2.75, 3.05) is 18.0 Å². The van der Waals surface area contributed by atoms with Gasteiger partial charge in [-0.25, -0.2) is 15.0 Å². The molecule has 122 valence electrons. The normalized spacial score (nSPS) is 13.6. The van der Waals surface area contributed by atoms with E-state index in [0.717, 1.165) is 47.8 Å². The highest BCUT2D eigenvalue weighted by atomic mass is 32.2. The predicted molar refractivity (Wildman–Crippen MR) is 89.4 cm³/mol. The third kappa shape index (κ3) is 3.64. The van der Waals surface area contributed by atoms with Crippen LogP contribution in [-0.4, -0.2) is 37.7 Å². The lowest BCUT2D eigenvalue weighted by Crippen LogP contribution is -2.29. The van der Waals surface area contributed by atoms with Crippen LogP contribution in [0.3, 0.4) is 0 Å². The van der Waals surface area contributed by atoms with Crippen molar-refractivity contribution in [3.05, 3.63) is 29.3 Å². The van der Waals surface area contributed by atoms with Gasteiger partial charge in [0, 0.05) is 43.0 Å². The van der Waals surface area contributed by atoms with E-state index in [1.807, 2.05) is 17.8 Å². The van der Waals surface area contributed by atoms with E-state index in [1.165, 1.54) is 0 Å². The Morgan fingerprint density at radius 2 is 2.22 bits per heavy atom. The zero-order valence-electron chi connectivity index (χ0n) is 13.1. The SMILES string of the molecule is Cn1ccnc1SCCNC(=O)c1nc(N)nc2c1CCCC2. The smallest absolute Gasteiger partial charge is 0.270 e. The number of fused-ring (bicyclic) bond motifs is 1. The molecule has 0 fully saturated rings. The van der Waals surface area contributed by atoms with Crippen molar-refractivity contribution in [3.63, 3.8) is 0 Å². The highest BCUT2D eigenvalue weighted by molar-refractivity contribution is 7.99. The Bertz CT molecular complexity index is 714.